The zero-order valence-corrected chi connectivity index (χ0v) is 11.2. The van der Waals surface area contributed by atoms with Crippen molar-refractivity contribution in [1.29, 1.82) is 5.26 Å². The van der Waals surface area contributed by atoms with Gasteiger partial charge < -0.3 is 9.47 Å². The summed E-state index contributed by atoms with van der Waals surface area (Å²) in [7, 11) is 1.59. The molecule has 0 bridgehead atoms. The average Bonchev–Trinajstić information content (AvgIpc) is 2.85. The van der Waals surface area contributed by atoms with Crippen LogP contribution in [0.1, 0.15) is 31.2 Å². The van der Waals surface area contributed by atoms with Crippen LogP contribution in [0.25, 0.3) is 0 Å². The van der Waals surface area contributed by atoms with Gasteiger partial charge in [-0.25, -0.2) is 0 Å². The number of halogens is 1. The highest BCUT2D eigenvalue weighted by Gasteiger charge is 2.20. The Morgan fingerprint density at radius 1 is 1.39 bits per heavy atom. The Morgan fingerprint density at radius 2 is 2.11 bits per heavy atom. The molecule has 0 atom stereocenters. The lowest BCUT2D eigenvalue weighted by molar-refractivity contribution is 0.201. The minimum Gasteiger partial charge on any atom is -0.493 e. The van der Waals surface area contributed by atoms with Gasteiger partial charge in [-0.1, -0.05) is 11.6 Å². The minimum atomic E-state index is 0.234. The summed E-state index contributed by atoms with van der Waals surface area (Å²) in [6, 6.07) is 5.69. The first-order valence-corrected chi connectivity index (χ1v) is 6.52. The van der Waals surface area contributed by atoms with Gasteiger partial charge in [-0.3, -0.25) is 0 Å². The van der Waals surface area contributed by atoms with Gasteiger partial charge in [0.2, 0.25) is 0 Å². The van der Waals surface area contributed by atoms with Crippen LogP contribution in [0.2, 0.25) is 5.02 Å². The molecule has 0 saturated heterocycles. The third-order valence-corrected chi connectivity index (χ3v) is 3.44. The Bertz CT molecular complexity index is 462. The standard InChI is InChI=1S/C14H16ClNO2/c1-17-13-9-10(6-7-16)8-12(15)14(13)18-11-4-2-3-5-11/h8-9,11H,2-6H2,1H3. The van der Waals surface area contributed by atoms with Crippen molar-refractivity contribution in [2.45, 2.75) is 38.2 Å². The van der Waals surface area contributed by atoms with Crippen molar-refractivity contribution in [3.8, 4) is 17.6 Å². The maximum absolute atomic E-state index is 8.71. The topological polar surface area (TPSA) is 42.2 Å². The van der Waals surface area contributed by atoms with Gasteiger partial charge in [-0.05, 0) is 43.4 Å². The molecule has 1 aromatic carbocycles. The summed E-state index contributed by atoms with van der Waals surface area (Å²) in [5, 5.41) is 9.23. The van der Waals surface area contributed by atoms with Crippen LogP contribution >= 0.6 is 11.6 Å². The first-order chi connectivity index (χ1) is 8.74. The van der Waals surface area contributed by atoms with Gasteiger partial charge in [0.05, 0.1) is 30.7 Å². The number of benzene rings is 1. The molecule has 4 heteroatoms. The molecule has 18 heavy (non-hydrogen) atoms. The van der Waals surface area contributed by atoms with E-state index in [1.807, 2.05) is 6.07 Å². The maximum Gasteiger partial charge on any atom is 0.180 e. The van der Waals surface area contributed by atoms with E-state index >= 15 is 0 Å². The number of ether oxygens (including phenoxy) is 2. The number of rotatable bonds is 4. The SMILES string of the molecule is COc1cc(CC#N)cc(Cl)c1OC1CCCC1. The molecule has 3 nitrogen and oxygen atoms in total. The number of hydrogen-bond acceptors (Lipinski definition) is 3. The zero-order valence-electron chi connectivity index (χ0n) is 10.4. The van der Waals surface area contributed by atoms with Gasteiger partial charge in [0.25, 0.3) is 0 Å². The van der Waals surface area contributed by atoms with Crippen LogP contribution in [0.3, 0.4) is 0 Å². The summed E-state index contributed by atoms with van der Waals surface area (Å²) >= 11 is 6.21. The molecule has 0 N–H and O–H groups in total. The minimum absolute atomic E-state index is 0.234. The van der Waals surface area contributed by atoms with Gasteiger partial charge in [0, 0.05) is 0 Å². The van der Waals surface area contributed by atoms with Crippen molar-refractivity contribution in [2.24, 2.45) is 0 Å². The highest BCUT2D eigenvalue weighted by Crippen LogP contribution is 2.39. The molecule has 1 aromatic rings. The number of hydrogen-bond donors (Lipinski definition) is 0. The molecule has 2 rings (SSSR count). The lowest BCUT2D eigenvalue weighted by Crippen LogP contribution is -2.12. The van der Waals surface area contributed by atoms with Crippen LogP contribution in [-0.2, 0) is 6.42 Å². The summed E-state index contributed by atoms with van der Waals surface area (Å²) in [6.07, 6.45) is 5.10. The van der Waals surface area contributed by atoms with E-state index in [-0.39, 0.29) is 6.10 Å². The molecular formula is C14H16ClNO2. The van der Waals surface area contributed by atoms with Crippen LogP contribution in [0.15, 0.2) is 12.1 Å². The molecule has 1 fully saturated rings. The molecule has 0 aliphatic heterocycles. The van der Waals surface area contributed by atoms with E-state index in [9.17, 15) is 0 Å². The molecule has 1 aliphatic rings. The second kappa shape index (κ2) is 5.97. The molecule has 0 radical (unpaired) electrons. The fourth-order valence-electron chi connectivity index (χ4n) is 2.25. The van der Waals surface area contributed by atoms with Gasteiger partial charge >= 0.3 is 0 Å². The maximum atomic E-state index is 8.71. The molecule has 96 valence electrons. The van der Waals surface area contributed by atoms with Crippen molar-refractivity contribution >= 4 is 11.6 Å². The van der Waals surface area contributed by atoms with Crippen LogP contribution in [0.5, 0.6) is 11.5 Å². The third-order valence-electron chi connectivity index (χ3n) is 3.16. The van der Waals surface area contributed by atoms with Crippen LogP contribution < -0.4 is 9.47 Å². The average molecular weight is 266 g/mol. The van der Waals surface area contributed by atoms with Gasteiger partial charge in [-0.15, -0.1) is 0 Å². The molecular weight excluding hydrogens is 250 g/mol. The van der Waals surface area contributed by atoms with Crippen molar-refractivity contribution in [2.75, 3.05) is 7.11 Å². The van der Waals surface area contributed by atoms with E-state index in [2.05, 4.69) is 6.07 Å². The largest absolute Gasteiger partial charge is 0.493 e. The van der Waals surface area contributed by atoms with Crippen molar-refractivity contribution in [3.63, 3.8) is 0 Å². The van der Waals surface area contributed by atoms with Crippen molar-refractivity contribution < 1.29 is 9.47 Å². The van der Waals surface area contributed by atoms with Crippen LogP contribution in [0, 0.1) is 11.3 Å². The Kier molecular flexibility index (Phi) is 4.33. The Labute approximate surface area is 112 Å². The summed E-state index contributed by atoms with van der Waals surface area (Å²) in [5.41, 5.74) is 0.845. The summed E-state index contributed by atoms with van der Waals surface area (Å²) in [6.45, 7) is 0. The predicted octanol–water partition coefficient (Wildman–Crippen LogP) is 3.74. The van der Waals surface area contributed by atoms with Crippen molar-refractivity contribution in [3.05, 3.63) is 22.7 Å². The van der Waals surface area contributed by atoms with Crippen LogP contribution in [0.4, 0.5) is 0 Å². The highest BCUT2D eigenvalue weighted by molar-refractivity contribution is 6.32. The Balaban J connectivity index is 2.25. The predicted molar refractivity (Wildman–Crippen MR) is 70.2 cm³/mol. The molecule has 0 heterocycles. The molecule has 0 aromatic heterocycles. The second-order valence-electron chi connectivity index (χ2n) is 4.47. The fourth-order valence-corrected chi connectivity index (χ4v) is 2.53. The third kappa shape index (κ3) is 2.88. The highest BCUT2D eigenvalue weighted by atomic mass is 35.5. The monoisotopic (exact) mass is 265 g/mol. The quantitative estimate of drug-likeness (QED) is 0.833. The Hall–Kier alpha value is -1.40. The summed E-state index contributed by atoms with van der Waals surface area (Å²) < 4.78 is 11.2. The van der Waals surface area contributed by atoms with Gasteiger partial charge in [0.1, 0.15) is 0 Å². The van der Waals surface area contributed by atoms with E-state index in [1.165, 1.54) is 12.8 Å². The smallest absolute Gasteiger partial charge is 0.180 e. The molecule has 0 spiro atoms. The molecule has 0 unspecified atom stereocenters. The first-order valence-electron chi connectivity index (χ1n) is 6.14. The van der Waals surface area contributed by atoms with Crippen molar-refractivity contribution in [1.82, 2.24) is 0 Å². The number of nitrogens with zero attached hydrogens (tertiary/aromatic N) is 1. The summed E-state index contributed by atoms with van der Waals surface area (Å²) in [4.78, 5) is 0. The van der Waals surface area contributed by atoms with Gasteiger partial charge in [0.15, 0.2) is 11.5 Å². The van der Waals surface area contributed by atoms with E-state index in [4.69, 9.17) is 26.3 Å². The Morgan fingerprint density at radius 3 is 2.72 bits per heavy atom. The van der Waals surface area contributed by atoms with E-state index in [0.29, 0.717) is 22.9 Å². The van der Waals surface area contributed by atoms with E-state index in [0.717, 1.165) is 18.4 Å². The van der Waals surface area contributed by atoms with E-state index < -0.39 is 0 Å². The fraction of sp³-hybridized carbons (Fsp3) is 0.500. The van der Waals surface area contributed by atoms with Crippen LogP contribution in [-0.4, -0.2) is 13.2 Å². The number of methoxy groups -OCH3 is 1. The first kappa shape index (κ1) is 13.0. The zero-order chi connectivity index (χ0) is 13.0. The molecule has 0 amide bonds. The van der Waals surface area contributed by atoms with E-state index in [1.54, 1.807) is 13.2 Å². The molecule has 1 aliphatic carbocycles. The lowest BCUT2D eigenvalue weighted by Gasteiger charge is -2.17. The number of nitriles is 1. The lowest BCUT2D eigenvalue weighted by atomic mass is 10.1. The normalized spacial score (nSPS) is 15.4. The molecule has 1 saturated carbocycles. The summed E-state index contributed by atoms with van der Waals surface area (Å²) in [5.74, 6) is 1.22. The second-order valence-corrected chi connectivity index (χ2v) is 4.88. The van der Waals surface area contributed by atoms with Gasteiger partial charge in [-0.2, -0.15) is 5.26 Å².